The predicted molar refractivity (Wildman–Crippen MR) is 62.3 cm³/mol. The average Bonchev–Trinajstić information content (AvgIpc) is 2.19. The van der Waals surface area contributed by atoms with Crippen LogP contribution in [0.4, 0.5) is 0 Å². The molecule has 1 heteroatoms. The summed E-state index contributed by atoms with van der Waals surface area (Å²) in [5.74, 6) is 0. The number of hydrogen-bond acceptors (Lipinski definition) is 1. The summed E-state index contributed by atoms with van der Waals surface area (Å²) in [6.07, 6.45) is 2.55. The SMILES string of the molecule is CCCC(C)N(C)Cc1ccccc1. The molecule has 0 aliphatic carbocycles. The molecule has 1 aromatic carbocycles. The third kappa shape index (κ3) is 3.51. The summed E-state index contributed by atoms with van der Waals surface area (Å²) in [6.45, 7) is 5.60. The molecule has 0 spiro atoms. The standard InChI is InChI=1S/C13H21N/c1-4-8-12(2)14(3)11-13-9-6-5-7-10-13/h5-7,9-10,12H,4,8,11H2,1-3H3. The lowest BCUT2D eigenvalue weighted by atomic mass is 10.1. The molecule has 1 nitrogen and oxygen atoms in total. The summed E-state index contributed by atoms with van der Waals surface area (Å²) >= 11 is 0. The normalized spacial score (nSPS) is 13.1. The zero-order valence-electron chi connectivity index (χ0n) is 9.53. The third-order valence-electron chi connectivity index (χ3n) is 2.73. The zero-order chi connectivity index (χ0) is 10.4. The van der Waals surface area contributed by atoms with Crippen LogP contribution in [0.25, 0.3) is 0 Å². The lowest BCUT2D eigenvalue weighted by Crippen LogP contribution is -2.28. The summed E-state index contributed by atoms with van der Waals surface area (Å²) in [5.41, 5.74) is 1.40. The first kappa shape index (κ1) is 11.3. The smallest absolute Gasteiger partial charge is 0.0233 e. The van der Waals surface area contributed by atoms with E-state index in [1.54, 1.807) is 0 Å². The van der Waals surface area contributed by atoms with Crippen molar-refractivity contribution >= 4 is 0 Å². The fourth-order valence-electron chi connectivity index (χ4n) is 1.67. The van der Waals surface area contributed by atoms with Crippen LogP contribution in [0.15, 0.2) is 30.3 Å². The van der Waals surface area contributed by atoms with Gasteiger partial charge in [0.25, 0.3) is 0 Å². The fourth-order valence-corrected chi connectivity index (χ4v) is 1.67. The van der Waals surface area contributed by atoms with Crippen molar-refractivity contribution in [1.82, 2.24) is 4.90 Å². The van der Waals surface area contributed by atoms with Crippen LogP contribution in [0.3, 0.4) is 0 Å². The summed E-state index contributed by atoms with van der Waals surface area (Å²) < 4.78 is 0. The zero-order valence-corrected chi connectivity index (χ0v) is 9.53. The van der Waals surface area contributed by atoms with Gasteiger partial charge >= 0.3 is 0 Å². The van der Waals surface area contributed by atoms with Crippen LogP contribution in [0.2, 0.25) is 0 Å². The van der Waals surface area contributed by atoms with E-state index in [4.69, 9.17) is 0 Å². The molecule has 0 fully saturated rings. The summed E-state index contributed by atoms with van der Waals surface area (Å²) in [5, 5.41) is 0. The van der Waals surface area contributed by atoms with Gasteiger partial charge in [0.2, 0.25) is 0 Å². The second kappa shape index (κ2) is 5.82. The Labute approximate surface area is 87.7 Å². The van der Waals surface area contributed by atoms with Crippen LogP contribution >= 0.6 is 0 Å². The molecule has 1 unspecified atom stereocenters. The van der Waals surface area contributed by atoms with Crippen molar-refractivity contribution in [3.05, 3.63) is 35.9 Å². The molecule has 78 valence electrons. The van der Waals surface area contributed by atoms with Crippen LogP contribution in [-0.4, -0.2) is 18.0 Å². The van der Waals surface area contributed by atoms with Crippen LogP contribution in [0.5, 0.6) is 0 Å². The van der Waals surface area contributed by atoms with Crippen LogP contribution in [0, 0.1) is 0 Å². The second-order valence-electron chi connectivity index (χ2n) is 4.04. The molecule has 0 heterocycles. The highest BCUT2D eigenvalue weighted by Gasteiger charge is 2.07. The van der Waals surface area contributed by atoms with E-state index in [0.717, 1.165) is 6.54 Å². The van der Waals surface area contributed by atoms with Gasteiger partial charge in [-0.25, -0.2) is 0 Å². The highest BCUT2D eigenvalue weighted by atomic mass is 15.1. The molecule has 1 rings (SSSR count). The first-order valence-corrected chi connectivity index (χ1v) is 5.48. The Morgan fingerprint density at radius 3 is 2.43 bits per heavy atom. The Kier molecular flexibility index (Phi) is 4.68. The fraction of sp³-hybridized carbons (Fsp3) is 0.538. The molecule has 0 saturated carbocycles. The first-order valence-electron chi connectivity index (χ1n) is 5.48. The van der Waals surface area contributed by atoms with Gasteiger partial charge in [-0.1, -0.05) is 43.7 Å². The van der Waals surface area contributed by atoms with E-state index in [2.05, 4.69) is 56.1 Å². The Hall–Kier alpha value is -0.820. The van der Waals surface area contributed by atoms with E-state index < -0.39 is 0 Å². The summed E-state index contributed by atoms with van der Waals surface area (Å²) in [6, 6.07) is 11.3. The van der Waals surface area contributed by atoms with Gasteiger partial charge in [0.05, 0.1) is 0 Å². The van der Waals surface area contributed by atoms with Gasteiger partial charge < -0.3 is 0 Å². The lowest BCUT2D eigenvalue weighted by Gasteiger charge is -2.24. The Morgan fingerprint density at radius 2 is 1.86 bits per heavy atom. The maximum absolute atomic E-state index is 2.42. The Morgan fingerprint density at radius 1 is 1.21 bits per heavy atom. The van der Waals surface area contributed by atoms with Crippen molar-refractivity contribution in [1.29, 1.82) is 0 Å². The number of hydrogen-bond donors (Lipinski definition) is 0. The van der Waals surface area contributed by atoms with Gasteiger partial charge in [0.1, 0.15) is 0 Å². The molecule has 0 amide bonds. The van der Waals surface area contributed by atoms with Crippen molar-refractivity contribution in [3.63, 3.8) is 0 Å². The minimum Gasteiger partial charge on any atom is -0.299 e. The van der Waals surface area contributed by atoms with E-state index in [1.165, 1.54) is 18.4 Å². The van der Waals surface area contributed by atoms with E-state index in [1.807, 2.05) is 0 Å². The minimum atomic E-state index is 0.681. The molecular formula is C13H21N. The summed E-state index contributed by atoms with van der Waals surface area (Å²) in [4.78, 5) is 2.42. The molecular weight excluding hydrogens is 170 g/mol. The van der Waals surface area contributed by atoms with Crippen molar-refractivity contribution in [2.75, 3.05) is 7.05 Å². The second-order valence-corrected chi connectivity index (χ2v) is 4.04. The van der Waals surface area contributed by atoms with Crippen molar-refractivity contribution in [2.45, 2.75) is 39.3 Å². The van der Waals surface area contributed by atoms with E-state index in [-0.39, 0.29) is 0 Å². The number of nitrogens with zero attached hydrogens (tertiary/aromatic N) is 1. The van der Waals surface area contributed by atoms with Crippen LogP contribution < -0.4 is 0 Å². The Balaban J connectivity index is 2.44. The van der Waals surface area contributed by atoms with Gasteiger partial charge in [-0.2, -0.15) is 0 Å². The molecule has 0 aromatic heterocycles. The average molecular weight is 191 g/mol. The maximum atomic E-state index is 2.42. The van der Waals surface area contributed by atoms with Crippen LogP contribution in [0.1, 0.15) is 32.3 Å². The molecule has 1 atom stereocenters. The predicted octanol–water partition coefficient (Wildman–Crippen LogP) is 3.31. The topological polar surface area (TPSA) is 3.24 Å². The molecule has 0 N–H and O–H groups in total. The highest BCUT2D eigenvalue weighted by Crippen LogP contribution is 2.09. The number of benzene rings is 1. The molecule has 14 heavy (non-hydrogen) atoms. The van der Waals surface area contributed by atoms with Gasteiger partial charge in [0, 0.05) is 12.6 Å². The highest BCUT2D eigenvalue weighted by molar-refractivity contribution is 5.14. The number of rotatable bonds is 5. The summed E-state index contributed by atoms with van der Waals surface area (Å²) in [7, 11) is 2.20. The van der Waals surface area contributed by atoms with Gasteiger partial charge in [0.15, 0.2) is 0 Å². The largest absolute Gasteiger partial charge is 0.299 e. The molecule has 0 aliphatic heterocycles. The van der Waals surface area contributed by atoms with Crippen molar-refractivity contribution < 1.29 is 0 Å². The monoisotopic (exact) mass is 191 g/mol. The van der Waals surface area contributed by atoms with Crippen molar-refractivity contribution in [2.24, 2.45) is 0 Å². The van der Waals surface area contributed by atoms with Crippen LogP contribution in [-0.2, 0) is 6.54 Å². The van der Waals surface area contributed by atoms with E-state index in [0.29, 0.717) is 6.04 Å². The van der Waals surface area contributed by atoms with Crippen molar-refractivity contribution in [3.8, 4) is 0 Å². The molecule has 0 saturated heterocycles. The van der Waals surface area contributed by atoms with E-state index >= 15 is 0 Å². The molecule has 0 aliphatic rings. The van der Waals surface area contributed by atoms with E-state index in [9.17, 15) is 0 Å². The van der Waals surface area contributed by atoms with Gasteiger partial charge in [-0.3, -0.25) is 4.90 Å². The Bertz CT molecular complexity index is 243. The quantitative estimate of drug-likeness (QED) is 0.690. The maximum Gasteiger partial charge on any atom is 0.0233 e. The first-order chi connectivity index (χ1) is 6.74. The van der Waals surface area contributed by atoms with Gasteiger partial charge in [-0.15, -0.1) is 0 Å². The minimum absolute atomic E-state index is 0.681. The third-order valence-corrected chi connectivity index (χ3v) is 2.73. The molecule has 0 bridgehead atoms. The van der Waals surface area contributed by atoms with Gasteiger partial charge in [-0.05, 0) is 26.0 Å². The lowest BCUT2D eigenvalue weighted by molar-refractivity contribution is 0.237. The molecule has 0 radical (unpaired) electrons. The molecule has 1 aromatic rings.